The molecule has 2 N–H and O–H groups in total. The fourth-order valence-electron chi connectivity index (χ4n) is 1.56. The number of aliphatic carboxylic acids is 1. The van der Waals surface area contributed by atoms with E-state index in [0.717, 1.165) is 0 Å². The lowest BCUT2D eigenvalue weighted by molar-refractivity contribution is -0.137. The Kier molecular flexibility index (Phi) is 6.35. The lowest BCUT2D eigenvalue weighted by Gasteiger charge is -2.12. The molecule has 0 saturated heterocycles. The van der Waals surface area contributed by atoms with Gasteiger partial charge in [0.2, 0.25) is 0 Å². The van der Waals surface area contributed by atoms with E-state index in [4.69, 9.17) is 5.11 Å². The van der Waals surface area contributed by atoms with Crippen molar-refractivity contribution in [3.8, 4) is 0 Å². The first-order chi connectivity index (χ1) is 9.04. The zero-order valence-electron chi connectivity index (χ0n) is 11.0. The second kappa shape index (κ2) is 7.78. The fourth-order valence-corrected chi connectivity index (χ4v) is 2.11. The second-order valence-electron chi connectivity index (χ2n) is 4.31. The summed E-state index contributed by atoms with van der Waals surface area (Å²) in [7, 11) is 0. The van der Waals surface area contributed by atoms with Gasteiger partial charge in [-0.15, -0.1) is 11.8 Å². The van der Waals surface area contributed by atoms with Gasteiger partial charge < -0.3 is 10.4 Å². The van der Waals surface area contributed by atoms with Gasteiger partial charge in [-0.05, 0) is 30.7 Å². The average Bonchev–Trinajstić information content (AvgIpc) is 2.42. The van der Waals surface area contributed by atoms with Gasteiger partial charge in [-0.2, -0.15) is 0 Å². The lowest BCUT2D eigenvalue weighted by atomic mass is 10.1. The van der Waals surface area contributed by atoms with Crippen LogP contribution in [-0.4, -0.2) is 34.8 Å². The molecule has 1 rings (SSSR count). The number of hydrogen-bond acceptors (Lipinski definition) is 4. The summed E-state index contributed by atoms with van der Waals surface area (Å²) in [4.78, 5) is 26.6. The molecular formula is C13H18N2O3S. The number of aromatic nitrogens is 1. The maximum Gasteiger partial charge on any atom is 0.303 e. The number of pyridine rings is 1. The van der Waals surface area contributed by atoms with Crippen LogP contribution in [0.25, 0.3) is 0 Å². The van der Waals surface area contributed by atoms with Gasteiger partial charge in [-0.3, -0.25) is 9.59 Å². The molecule has 1 atom stereocenters. The fraction of sp³-hybridized carbons (Fsp3) is 0.462. The molecular weight excluding hydrogens is 264 g/mol. The third-order valence-electron chi connectivity index (χ3n) is 2.67. The molecule has 19 heavy (non-hydrogen) atoms. The van der Waals surface area contributed by atoms with E-state index in [2.05, 4.69) is 10.3 Å². The minimum Gasteiger partial charge on any atom is -0.481 e. The van der Waals surface area contributed by atoms with Crippen LogP contribution in [0, 0.1) is 5.92 Å². The summed E-state index contributed by atoms with van der Waals surface area (Å²) >= 11 is 1.42. The summed E-state index contributed by atoms with van der Waals surface area (Å²) in [5, 5.41) is 12.1. The maximum atomic E-state index is 12.0. The topological polar surface area (TPSA) is 79.3 Å². The Labute approximate surface area is 116 Å². The maximum absolute atomic E-state index is 12.0. The first-order valence-electron chi connectivity index (χ1n) is 6.03. The minimum absolute atomic E-state index is 0.125. The number of nitrogens with one attached hydrogen (secondary N) is 1. The molecule has 1 aromatic heterocycles. The summed E-state index contributed by atoms with van der Waals surface area (Å²) in [6, 6.07) is 3.46. The van der Waals surface area contributed by atoms with Crippen LogP contribution < -0.4 is 5.32 Å². The number of rotatable bonds is 7. The van der Waals surface area contributed by atoms with Crippen molar-refractivity contribution in [1.29, 1.82) is 0 Å². The Hall–Kier alpha value is -1.56. The van der Waals surface area contributed by atoms with Crippen LogP contribution in [0.3, 0.4) is 0 Å². The predicted molar refractivity (Wildman–Crippen MR) is 74.4 cm³/mol. The number of carboxylic acids is 1. The molecule has 0 bridgehead atoms. The highest BCUT2D eigenvalue weighted by Crippen LogP contribution is 2.16. The van der Waals surface area contributed by atoms with Crippen molar-refractivity contribution in [2.24, 2.45) is 5.92 Å². The Morgan fingerprint density at radius 1 is 1.53 bits per heavy atom. The van der Waals surface area contributed by atoms with Gasteiger partial charge >= 0.3 is 5.97 Å². The van der Waals surface area contributed by atoms with E-state index in [-0.39, 0.29) is 18.2 Å². The zero-order valence-corrected chi connectivity index (χ0v) is 11.9. The number of carbonyl (C=O) groups excluding carboxylic acids is 1. The number of hydrogen-bond donors (Lipinski definition) is 2. The van der Waals surface area contributed by atoms with Crippen molar-refractivity contribution in [2.75, 3.05) is 12.8 Å². The number of nitrogens with zero attached hydrogens (tertiary/aromatic N) is 1. The first kappa shape index (κ1) is 15.5. The number of carboxylic acid groups (broad SMARTS) is 1. The second-order valence-corrected chi connectivity index (χ2v) is 5.10. The summed E-state index contributed by atoms with van der Waals surface area (Å²) in [5.74, 6) is -0.843. The highest BCUT2D eigenvalue weighted by molar-refractivity contribution is 7.98. The highest BCUT2D eigenvalue weighted by atomic mass is 32.2. The van der Waals surface area contributed by atoms with Crippen molar-refractivity contribution in [2.45, 2.75) is 24.8 Å². The van der Waals surface area contributed by atoms with Crippen LogP contribution in [-0.2, 0) is 4.79 Å². The summed E-state index contributed by atoms with van der Waals surface area (Å²) in [5.41, 5.74) is 0.556. The van der Waals surface area contributed by atoms with Gasteiger partial charge in [0.05, 0.1) is 5.56 Å². The average molecular weight is 282 g/mol. The van der Waals surface area contributed by atoms with Crippen LogP contribution in [0.5, 0.6) is 0 Å². The van der Waals surface area contributed by atoms with Crippen molar-refractivity contribution >= 4 is 23.6 Å². The minimum atomic E-state index is -0.810. The van der Waals surface area contributed by atoms with E-state index < -0.39 is 5.97 Å². The molecule has 1 amide bonds. The predicted octanol–water partition coefficient (Wildman–Crippen LogP) is 2.03. The van der Waals surface area contributed by atoms with Gasteiger partial charge in [0, 0.05) is 19.2 Å². The quantitative estimate of drug-likeness (QED) is 0.748. The Morgan fingerprint density at radius 2 is 2.26 bits per heavy atom. The number of thioether (sulfide) groups is 1. The first-order valence-corrected chi connectivity index (χ1v) is 7.26. The van der Waals surface area contributed by atoms with Crippen molar-refractivity contribution in [1.82, 2.24) is 10.3 Å². The third-order valence-corrected chi connectivity index (χ3v) is 3.38. The smallest absolute Gasteiger partial charge is 0.303 e. The molecule has 0 aliphatic heterocycles. The molecule has 0 spiro atoms. The molecule has 0 fully saturated rings. The van der Waals surface area contributed by atoms with Gasteiger partial charge in [-0.25, -0.2) is 4.98 Å². The van der Waals surface area contributed by atoms with Crippen LogP contribution in [0.4, 0.5) is 0 Å². The van der Waals surface area contributed by atoms with Gasteiger partial charge in [0.25, 0.3) is 5.91 Å². The largest absolute Gasteiger partial charge is 0.481 e. The number of amides is 1. The highest BCUT2D eigenvalue weighted by Gasteiger charge is 2.12. The molecule has 1 unspecified atom stereocenters. The van der Waals surface area contributed by atoms with E-state index >= 15 is 0 Å². The van der Waals surface area contributed by atoms with Crippen LogP contribution >= 0.6 is 11.8 Å². The van der Waals surface area contributed by atoms with E-state index in [0.29, 0.717) is 23.6 Å². The van der Waals surface area contributed by atoms with Gasteiger partial charge in [0.1, 0.15) is 5.03 Å². The summed E-state index contributed by atoms with van der Waals surface area (Å²) in [6.07, 6.45) is 4.20. The van der Waals surface area contributed by atoms with Crippen LogP contribution in [0.15, 0.2) is 23.4 Å². The van der Waals surface area contributed by atoms with Crippen molar-refractivity contribution in [3.63, 3.8) is 0 Å². The molecule has 1 aromatic rings. The molecule has 5 nitrogen and oxygen atoms in total. The summed E-state index contributed by atoms with van der Waals surface area (Å²) < 4.78 is 0. The van der Waals surface area contributed by atoms with Gasteiger partial charge in [0.15, 0.2) is 0 Å². The number of carbonyl (C=O) groups is 2. The van der Waals surface area contributed by atoms with Crippen LogP contribution in [0.2, 0.25) is 0 Å². The third kappa shape index (κ3) is 5.30. The molecule has 104 valence electrons. The van der Waals surface area contributed by atoms with Gasteiger partial charge in [-0.1, -0.05) is 6.92 Å². The van der Waals surface area contributed by atoms with Crippen LogP contribution in [0.1, 0.15) is 30.1 Å². The molecule has 0 aliphatic carbocycles. The zero-order chi connectivity index (χ0) is 14.3. The van der Waals surface area contributed by atoms with Crippen molar-refractivity contribution in [3.05, 3.63) is 23.9 Å². The van der Waals surface area contributed by atoms with E-state index in [1.165, 1.54) is 11.8 Å². The van der Waals surface area contributed by atoms with E-state index in [1.807, 2.05) is 13.2 Å². The van der Waals surface area contributed by atoms with E-state index in [1.54, 1.807) is 18.3 Å². The Balaban J connectivity index is 2.49. The molecule has 0 aromatic carbocycles. The standard InChI is InChI=1S/C13H18N2O3S/c1-9(5-6-11(16)17)8-15-12(18)10-4-3-7-14-13(10)19-2/h3-4,7,9H,5-6,8H2,1-2H3,(H,15,18)(H,16,17). The summed E-state index contributed by atoms with van der Waals surface area (Å²) in [6.45, 7) is 2.39. The molecule has 6 heteroatoms. The SMILES string of the molecule is CSc1ncccc1C(=O)NCC(C)CCC(=O)O. The normalized spacial score (nSPS) is 11.9. The molecule has 0 aliphatic rings. The molecule has 0 radical (unpaired) electrons. The van der Waals surface area contributed by atoms with E-state index in [9.17, 15) is 9.59 Å². The Bertz CT molecular complexity index is 451. The molecule has 0 saturated carbocycles. The Morgan fingerprint density at radius 3 is 2.89 bits per heavy atom. The van der Waals surface area contributed by atoms with Crippen molar-refractivity contribution < 1.29 is 14.7 Å². The molecule has 1 heterocycles. The monoisotopic (exact) mass is 282 g/mol. The lowest BCUT2D eigenvalue weighted by Crippen LogP contribution is -2.29.